The molecule has 0 heterocycles. The lowest BCUT2D eigenvalue weighted by atomic mass is 9.88. The van der Waals surface area contributed by atoms with E-state index >= 15 is 0 Å². The fraction of sp³-hybridized carbons (Fsp3) is 0.917. The van der Waals surface area contributed by atoms with Crippen LogP contribution < -0.4 is 5.32 Å². The van der Waals surface area contributed by atoms with Crippen LogP contribution in [0.25, 0.3) is 0 Å². The molecule has 0 spiro atoms. The monoisotopic (exact) mass is 213 g/mol. The highest BCUT2D eigenvalue weighted by atomic mass is 16.5. The summed E-state index contributed by atoms with van der Waals surface area (Å²) in [5.41, 5.74) is -0.549. The van der Waals surface area contributed by atoms with E-state index in [1.165, 1.54) is 39.2 Å². The number of methoxy groups -OCH3 is 1. The Labute approximate surface area is 92.6 Å². The van der Waals surface area contributed by atoms with Crippen molar-refractivity contribution in [2.75, 3.05) is 13.7 Å². The maximum absolute atomic E-state index is 11.4. The van der Waals surface area contributed by atoms with Crippen LogP contribution >= 0.6 is 0 Å². The van der Waals surface area contributed by atoms with Gasteiger partial charge < -0.3 is 10.1 Å². The zero-order valence-corrected chi connectivity index (χ0v) is 10.1. The maximum atomic E-state index is 11.4. The molecule has 0 bridgehead atoms. The van der Waals surface area contributed by atoms with Crippen LogP contribution in [-0.2, 0) is 9.53 Å². The zero-order chi connectivity index (χ0) is 11.3. The molecule has 0 unspecified atom stereocenters. The van der Waals surface area contributed by atoms with Gasteiger partial charge in [0.1, 0.15) is 5.54 Å². The first-order valence-corrected chi connectivity index (χ1v) is 5.89. The lowest BCUT2D eigenvalue weighted by Crippen LogP contribution is -2.49. The zero-order valence-electron chi connectivity index (χ0n) is 10.1. The average Bonchev–Trinajstić information content (AvgIpc) is 2.27. The van der Waals surface area contributed by atoms with E-state index in [1.807, 2.05) is 13.8 Å². The first-order valence-electron chi connectivity index (χ1n) is 5.89. The Morgan fingerprint density at radius 1 is 1.33 bits per heavy atom. The summed E-state index contributed by atoms with van der Waals surface area (Å²) in [4.78, 5) is 11.4. The highest BCUT2D eigenvalue weighted by molar-refractivity contribution is 5.79. The Hall–Kier alpha value is -0.570. The molecule has 0 atom stereocenters. The van der Waals surface area contributed by atoms with Crippen molar-refractivity contribution < 1.29 is 9.53 Å². The highest BCUT2D eigenvalue weighted by Gasteiger charge is 2.28. The molecule has 0 aromatic heterocycles. The summed E-state index contributed by atoms with van der Waals surface area (Å²) in [5, 5.41) is 3.30. The van der Waals surface area contributed by atoms with E-state index in [0.717, 1.165) is 12.5 Å². The SMILES string of the molecule is COC(=O)C(C)(C)NCC1CCCCC1. The largest absolute Gasteiger partial charge is 0.468 e. The van der Waals surface area contributed by atoms with Crippen LogP contribution in [0, 0.1) is 5.92 Å². The molecule has 3 nitrogen and oxygen atoms in total. The summed E-state index contributed by atoms with van der Waals surface area (Å²) in [6.45, 7) is 4.69. The highest BCUT2D eigenvalue weighted by Crippen LogP contribution is 2.23. The summed E-state index contributed by atoms with van der Waals surface area (Å²) in [6.07, 6.45) is 6.64. The molecule has 0 amide bonds. The second-order valence-electron chi connectivity index (χ2n) is 5.00. The molecule has 1 aliphatic rings. The lowest BCUT2D eigenvalue weighted by Gasteiger charge is -2.28. The molecule has 0 aliphatic heterocycles. The van der Waals surface area contributed by atoms with Gasteiger partial charge in [-0.3, -0.25) is 4.79 Å². The van der Waals surface area contributed by atoms with Crippen molar-refractivity contribution in [1.29, 1.82) is 0 Å². The molecule has 0 aromatic carbocycles. The van der Waals surface area contributed by atoms with Gasteiger partial charge >= 0.3 is 5.97 Å². The van der Waals surface area contributed by atoms with E-state index in [0.29, 0.717) is 0 Å². The van der Waals surface area contributed by atoms with Gasteiger partial charge in [-0.2, -0.15) is 0 Å². The Morgan fingerprint density at radius 3 is 2.47 bits per heavy atom. The van der Waals surface area contributed by atoms with Crippen LogP contribution in [0.1, 0.15) is 46.0 Å². The molecule has 1 aliphatic carbocycles. The van der Waals surface area contributed by atoms with Gasteiger partial charge in [-0.05, 0) is 39.2 Å². The molecule has 15 heavy (non-hydrogen) atoms. The lowest BCUT2D eigenvalue weighted by molar-refractivity contribution is -0.147. The van der Waals surface area contributed by atoms with Crippen LogP contribution in [0.15, 0.2) is 0 Å². The first kappa shape index (κ1) is 12.5. The molecule has 0 aromatic rings. The van der Waals surface area contributed by atoms with Crippen molar-refractivity contribution in [2.45, 2.75) is 51.5 Å². The number of hydrogen-bond acceptors (Lipinski definition) is 3. The van der Waals surface area contributed by atoms with Crippen LogP contribution in [0.2, 0.25) is 0 Å². The number of hydrogen-bond donors (Lipinski definition) is 1. The number of rotatable bonds is 4. The predicted molar refractivity (Wildman–Crippen MR) is 60.7 cm³/mol. The summed E-state index contributed by atoms with van der Waals surface area (Å²) < 4.78 is 4.75. The third-order valence-corrected chi connectivity index (χ3v) is 3.25. The van der Waals surface area contributed by atoms with Gasteiger partial charge in [0, 0.05) is 0 Å². The van der Waals surface area contributed by atoms with Crippen molar-refractivity contribution >= 4 is 5.97 Å². The minimum absolute atomic E-state index is 0.182. The second kappa shape index (κ2) is 5.50. The minimum atomic E-state index is -0.549. The first-order chi connectivity index (χ1) is 7.06. The summed E-state index contributed by atoms with van der Waals surface area (Å²) in [7, 11) is 1.44. The quantitative estimate of drug-likeness (QED) is 0.727. The van der Waals surface area contributed by atoms with Crippen molar-refractivity contribution in [3.05, 3.63) is 0 Å². The smallest absolute Gasteiger partial charge is 0.325 e. The van der Waals surface area contributed by atoms with Gasteiger partial charge in [-0.1, -0.05) is 19.3 Å². The Morgan fingerprint density at radius 2 is 1.93 bits per heavy atom. The van der Waals surface area contributed by atoms with Gasteiger partial charge in [-0.25, -0.2) is 0 Å². The predicted octanol–water partition coefficient (Wildman–Crippen LogP) is 2.11. The van der Waals surface area contributed by atoms with Crippen molar-refractivity contribution in [3.63, 3.8) is 0 Å². The standard InChI is InChI=1S/C12H23NO2/c1-12(2,11(14)15-3)13-9-10-7-5-4-6-8-10/h10,13H,4-9H2,1-3H3. The molecule has 0 radical (unpaired) electrons. The van der Waals surface area contributed by atoms with Crippen LogP contribution in [0.5, 0.6) is 0 Å². The van der Waals surface area contributed by atoms with E-state index in [-0.39, 0.29) is 5.97 Å². The Balaban J connectivity index is 2.31. The number of carbonyl (C=O) groups excluding carboxylic acids is 1. The minimum Gasteiger partial charge on any atom is -0.468 e. The average molecular weight is 213 g/mol. The molecule has 3 heteroatoms. The summed E-state index contributed by atoms with van der Waals surface area (Å²) >= 11 is 0. The molecular formula is C12H23NO2. The maximum Gasteiger partial charge on any atom is 0.325 e. The fourth-order valence-electron chi connectivity index (χ4n) is 2.12. The van der Waals surface area contributed by atoms with Gasteiger partial charge in [0.25, 0.3) is 0 Å². The van der Waals surface area contributed by atoms with Crippen molar-refractivity contribution in [1.82, 2.24) is 5.32 Å². The normalized spacial score (nSPS) is 18.9. The molecule has 1 saturated carbocycles. The van der Waals surface area contributed by atoms with Crippen LogP contribution in [0.4, 0.5) is 0 Å². The topological polar surface area (TPSA) is 38.3 Å². The van der Waals surface area contributed by atoms with Crippen molar-refractivity contribution in [3.8, 4) is 0 Å². The Bertz CT molecular complexity index is 208. The van der Waals surface area contributed by atoms with Gasteiger partial charge in [0.15, 0.2) is 0 Å². The van der Waals surface area contributed by atoms with Crippen LogP contribution in [0.3, 0.4) is 0 Å². The third kappa shape index (κ3) is 3.82. The fourth-order valence-corrected chi connectivity index (χ4v) is 2.12. The van der Waals surface area contributed by atoms with E-state index in [4.69, 9.17) is 4.74 Å². The number of nitrogens with one attached hydrogen (secondary N) is 1. The van der Waals surface area contributed by atoms with E-state index in [2.05, 4.69) is 5.32 Å². The van der Waals surface area contributed by atoms with Crippen molar-refractivity contribution in [2.24, 2.45) is 5.92 Å². The number of esters is 1. The molecule has 1 rings (SSSR count). The molecule has 0 saturated heterocycles. The van der Waals surface area contributed by atoms with E-state index in [9.17, 15) is 4.79 Å². The number of ether oxygens (including phenoxy) is 1. The van der Waals surface area contributed by atoms with Gasteiger partial charge in [-0.15, -0.1) is 0 Å². The van der Waals surface area contributed by atoms with Crippen LogP contribution in [-0.4, -0.2) is 25.2 Å². The Kier molecular flexibility index (Phi) is 4.58. The van der Waals surface area contributed by atoms with E-state index < -0.39 is 5.54 Å². The van der Waals surface area contributed by atoms with E-state index in [1.54, 1.807) is 0 Å². The number of carbonyl (C=O) groups is 1. The summed E-state index contributed by atoms with van der Waals surface area (Å²) in [6, 6.07) is 0. The third-order valence-electron chi connectivity index (χ3n) is 3.25. The van der Waals surface area contributed by atoms with Gasteiger partial charge in [0.05, 0.1) is 7.11 Å². The molecule has 1 fully saturated rings. The second-order valence-corrected chi connectivity index (χ2v) is 5.00. The molecule has 88 valence electrons. The molecular weight excluding hydrogens is 190 g/mol. The van der Waals surface area contributed by atoms with Gasteiger partial charge in [0.2, 0.25) is 0 Å². The summed E-state index contributed by atoms with van der Waals surface area (Å²) in [5.74, 6) is 0.556. The molecule has 1 N–H and O–H groups in total.